The van der Waals surface area contributed by atoms with Gasteiger partial charge in [-0.25, -0.2) is 4.79 Å². The van der Waals surface area contributed by atoms with E-state index < -0.39 is 18.5 Å². The Hall–Kier alpha value is -2.97. The van der Waals surface area contributed by atoms with E-state index in [1.54, 1.807) is 24.3 Å². The first-order valence-corrected chi connectivity index (χ1v) is 11.8. The zero-order chi connectivity index (χ0) is 24.0. The molecular weight excluding hydrogens is 521 g/mol. The van der Waals surface area contributed by atoms with Crippen molar-refractivity contribution in [2.75, 3.05) is 19.0 Å². The normalized spacial score (nSPS) is 11.3. The maximum absolute atomic E-state index is 12.6. The number of esters is 1. The number of amides is 1. The van der Waals surface area contributed by atoms with Gasteiger partial charge >= 0.3 is 5.97 Å². The molecule has 0 unspecified atom stereocenters. The predicted molar refractivity (Wildman–Crippen MR) is 136 cm³/mol. The summed E-state index contributed by atoms with van der Waals surface area (Å²) >= 11 is 19.6. The number of halogens is 3. The van der Waals surface area contributed by atoms with Gasteiger partial charge in [-0.15, -0.1) is 11.3 Å². The van der Waals surface area contributed by atoms with Crippen LogP contribution in [0.5, 0.6) is 5.75 Å². The van der Waals surface area contributed by atoms with Crippen LogP contribution in [-0.2, 0) is 9.53 Å². The van der Waals surface area contributed by atoms with E-state index in [9.17, 15) is 9.59 Å². The van der Waals surface area contributed by atoms with E-state index in [0.29, 0.717) is 37.2 Å². The number of fused-ring (bicyclic) bond motifs is 4. The van der Waals surface area contributed by atoms with E-state index in [4.69, 9.17) is 48.7 Å². The molecule has 0 aliphatic carbocycles. The van der Waals surface area contributed by atoms with Crippen molar-refractivity contribution in [2.24, 2.45) is 0 Å². The molecule has 1 amide bonds. The molecule has 0 spiro atoms. The van der Waals surface area contributed by atoms with Gasteiger partial charge < -0.3 is 19.2 Å². The molecule has 0 atom stereocenters. The summed E-state index contributed by atoms with van der Waals surface area (Å²) in [7, 11) is 1.50. The van der Waals surface area contributed by atoms with Gasteiger partial charge in [0.15, 0.2) is 6.61 Å². The van der Waals surface area contributed by atoms with Crippen LogP contribution in [-0.4, -0.2) is 25.6 Å². The maximum Gasteiger partial charge on any atom is 0.350 e. The molecule has 0 aliphatic rings. The third-order valence-corrected chi connectivity index (χ3v) is 7.27. The third kappa shape index (κ3) is 4.05. The molecule has 5 aromatic rings. The Morgan fingerprint density at radius 3 is 2.62 bits per heavy atom. The number of hydrogen-bond donors (Lipinski definition) is 1. The first-order valence-electron chi connectivity index (χ1n) is 9.89. The Labute approximate surface area is 211 Å². The quantitative estimate of drug-likeness (QED) is 0.235. The Morgan fingerprint density at radius 1 is 1.03 bits per heavy atom. The summed E-state index contributed by atoms with van der Waals surface area (Å²) in [5.74, 6) is -0.855. The smallest absolute Gasteiger partial charge is 0.350 e. The van der Waals surface area contributed by atoms with Crippen molar-refractivity contribution in [3.05, 3.63) is 68.5 Å². The summed E-state index contributed by atoms with van der Waals surface area (Å²) in [6.07, 6.45) is 0. The van der Waals surface area contributed by atoms with Crippen LogP contribution >= 0.6 is 46.1 Å². The van der Waals surface area contributed by atoms with Crippen LogP contribution in [0.1, 0.15) is 9.67 Å². The SMILES string of the molecule is COc1cc2c(cc1NC(=O)COC(=O)c1sc3cc(Cl)cc(Cl)c3c1Cl)oc1ccccc12. The second-order valence-electron chi connectivity index (χ2n) is 7.28. The van der Waals surface area contributed by atoms with Gasteiger partial charge in [0.25, 0.3) is 5.91 Å². The van der Waals surface area contributed by atoms with Crippen LogP contribution in [0.15, 0.2) is 52.9 Å². The number of hydrogen-bond acceptors (Lipinski definition) is 6. The lowest BCUT2D eigenvalue weighted by molar-refractivity contribution is -0.119. The van der Waals surface area contributed by atoms with Crippen molar-refractivity contribution in [3.8, 4) is 5.75 Å². The van der Waals surface area contributed by atoms with Crippen LogP contribution < -0.4 is 10.1 Å². The van der Waals surface area contributed by atoms with E-state index in [2.05, 4.69) is 5.32 Å². The van der Waals surface area contributed by atoms with E-state index in [-0.39, 0.29) is 9.90 Å². The zero-order valence-corrected chi connectivity index (χ0v) is 20.5. The summed E-state index contributed by atoms with van der Waals surface area (Å²) in [6, 6.07) is 14.3. The highest BCUT2D eigenvalue weighted by atomic mass is 35.5. The number of ether oxygens (including phenoxy) is 2. The van der Waals surface area contributed by atoms with E-state index in [1.165, 1.54) is 7.11 Å². The molecular formula is C24H14Cl3NO5S. The molecule has 0 saturated heterocycles. The first-order chi connectivity index (χ1) is 16.4. The number of carbonyl (C=O) groups excluding carboxylic acids is 2. The lowest BCUT2D eigenvalue weighted by Gasteiger charge is -2.10. The standard InChI is InChI=1S/C24H14Cl3NO5S/c1-31-18-8-13-12-4-2-3-5-16(12)33-17(13)9-15(18)28-20(29)10-32-24(30)23-22(27)21-14(26)6-11(25)7-19(21)34-23/h2-9H,10H2,1H3,(H,28,29). The number of benzene rings is 3. The van der Waals surface area contributed by atoms with Crippen molar-refractivity contribution < 1.29 is 23.5 Å². The van der Waals surface area contributed by atoms with Gasteiger partial charge in [-0.2, -0.15) is 0 Å². The molecule has 10 heteroatoms. The molecule has 1 N–H and O–H groups in total. The first kappa shape index (κ1) is 22.8. The van der Waals surface area contributed by atoms with E-state index in [0.717, 1.165) is 27.7 Å². The Kier molecular flexibility index (Phi) is 6.04. The van der Waals surface area contributed by atoms with E-state index >= 15 is 0 Å². The molecule has 172 valence electrons. The number of furan rings is 1. The maximum atomic E-state index is 12.6. The summed E-state index contributed by atoms with van der Waals surface area (Å²) in [5, 5.41) is 5.90. The van der Waals surface area contributed by atoms with Crippen molar-refractivity contribution >= 4 is 95.7 Å². The third-order valence-electron chi connectivity index (χ3n) is 5.14. The van der Waals surface area contributed by atoms with Crippen LogP contribution in [0, 0.1) is 0 Å². The van der Waals surface area contributed by atoms with Gasteiger partial charge in [0.1, 0.15) is 21.8 Å². The van der Waals surface area contributed by atoms with Gasteiger partial charge in [-0.05, 0) is 24.3 Å². The van der Waals surface area contributed by atoms with Crippen molar-refractivity contribution in [2.45, 2.75) is 0 Å². The number of methoxy groups -OCH3 is 1. The second kappa shape index (κ2) is 9.00. The summed E-state index contributed by atoms with van der Waals surface area (Å²) in [5.41, 5.74) is 1.69. The average molecular weight is 535 g/mol. The Bertz CT molecular complexity index is 1610. The second-order valence-corrected chi connectivity index (χ2v) is 9.55. The number of para-hydroxylation sites is 1. The summed E-state index contributed by atoms with van der Waals surface area (Å²) in [4.78, 5) is 25.3. The van der Waals surface area contributed by atoms with E-state index in [1.807, 2.05) is 24.3 Å². The fraction of sp³-hybridized carbons (Fsp3) is 0.0833. The van der Waals surface area contributed by atoms with Gasteiger partial charge in [0.05, 0.1) is 22.8 Å². The molecule has 34 heavy (non-hydrogen) atoms. The molecule has 5 rings (SSSR count). The van der Waals surface area contributed by atoms with Crippen LogP contribution in [0.2, 0.25) is 15.1 Å². The topological polar surface area (TPSA) is 77.8 Å². The number of carbonyl (C=O) groups is 2. The molecule has 0 aliphatic heterocycles. The Morgan fingerprint density at radius 2 is 1.82 bits per heavy atom. The van der Waals surface area contributed by atoms with Gasteiger partial charge in [0, 0.05) is 31.9 Å². The molecule has 0 saturated carbocycles. The van der Waals surface area contributed by atoms with Crippen LogP contribution in [0.25, 0.3) is 32.0 Å². The lowest BCUT2D eigenvalue weighted by Crippen LogP contribution is -2.21. The molecule has 3 aromatic carbocycles. The average Bonchev–Trinajstić information content (AvgIpc) is 3.33. The van der Waals surface area contributed by atoms with Crippen LogP contribution in [0.4, 0.5) is 5.69 Å². The fourth-order valence-corrected chi connectivity index (χ4v) is 5.91. The number of nitrogens with one attached hydrogen (secondary N) is 1. The summed E-state index contributed by atoms with van der Waals surface area (Å²) < 4.78 is 17.1. The molecule has 0 radical (unpaired) electrons. The molecule has 0 bridgehead atoms. The van der Waals surface area contributed by atoms with Gasteiger partial charge in [-0.1, -0.05) is 53.0 Å². The fourth-order valence-electron chi connectivity index (χ4n) is 3.64. The molecule has 0 fully saturated rings. The van der Waals surface area contributed by atoms with Crippen molar-refractivity contribution in [1.82, 2.24) is 0 Å². The number of anilines is 1. The largest absolute Gasteiger partial charge is 0.495 e. The lowest BCUT2D eigenvalue weighted by atomic mass is 10.1. The van der Waals surface area contributed by atoms with Gasteiger partial charge in [0.2, 0.25) is 0 Å². The zero-order valence-electron chi connectivity index (χ0n) is 17.4. The molecule has 2 aromatic heterocycles. The minimum atomic E-state index is -0.742. The highest BCUT2D eigenvalue weighted by Gasteiger charge is 2.22. The molecule has 2 heterocycles. The minimum Gasteiger partial charge on any atom is -0.495 e. The number of rotatable bonds is 5. The van der Waals surface area contributed by atoms with Crippen LogP contribution in [0.3, 0.4) is 0 Å². The Balaban J connectivity index is 1.34. The van der Waals surface area contributed by atoms with Crippen molar-refractivity contribution in [1.29, 1.82) is 0 Å². The minimum absolute atomic E-state index is 0.134. The summed E-state index contributed by atoms with van der Waals surface area (Å²) in [6.45, 7) is -0.529. The highest BCUT2D eigenvalue weighted by Crippen LogP contribution is 2.41. The predicted octanol–water partition coefficient (Wildman–Crippen LogP) is 7.57. The van der Waals surface area contributed by atoms with Gasteiger partial charge in [-0.3, -0.25) is 4.79 Å². The molecule has 6 nitrogen and oxygen atoms in total. The monoisotopic (exact) mass is 533 g/mol. The number of thiophene rings is 1. The van der Waals surface area contributed by atoms with Crippen molar-refractivity contribution in [3.63, 3.8) is 0 Å². The highest BCUT2D eigenvalue weighted by molar-refractivity contribution is 7.21.